The van der Waals surface area contributed by atoms with Gasteiger partial charge in [-0.25, -0.2) is 0 Å². The van der Waals surface area contributed by atoms with Gasteiger partial charge in [-0.3, -0.25) is 0 Å². The van der Waals surface area contributed by atoms with E-state index in [-0.39, 0.29) is 12.4 Å². The van der Waals surface area contributed by atoms with Crippen LogP contribution in [0.3, 0.4) is 0 Å². The van der Waals surface area contributed by atoms with Gasteiger partial charge in [-0.2, -0.15) is 13.2 Å². The van der Waals surface area contributed by atoms with E-state index >= 15 is 0 Å². The van der Waals surface area contributed by atoms with Crippen LogP contribution in [0.4, 0.5) is 13.2 Å². The van der Waals surface area contributed by atoms with E-state index < -0.39 is 17.8 Å². The molecule has 1 unspecified atom stereocenters. The number of ether oxygens (including phenoxy) is 1. The predicted octanol–water partition coefficient (Wildman–Crippen LogP) is 4.44. The molecule has 0 bridgehead atoms. The van der Waals surface area contributed by atoms with Gasteiger partial charge in [0.15, 0.2) is 0 Å². The maximum atomic E-state index is 12.8. The van der Waals surface area contributed by atoms with Gasteiger partial charge in [0, 0.05) is 5.02 Å². The summed E-state index contributed by atoms with van der Waals surface area (Å²) in [5.41, 5.74) is 5.79. The highest BCUT2D eigenvalue weighted by Crippen LogP contribution is 2.36. The third-order valence-electron chi connectivity index (χ3n) is 2.89. The van der Waals surface area contributed by atoms with Crippen LogP contribution < -0.4 is 10.5 Å². The van der Waals surface area contributed by atoms with E-state index in [1.54, 1.807) is 24.3 Å². The Bertz CT molecular complexity index is 616. The van der Waals surface area contributed by atoms with Gasteiger partial charge in [0.1, 0.15) is 12.4 Å². The molecule has 0 amide bonds. The molecule has 0 radical (unpaired) electrons. The molecule has 2 aromatic rings. The van der Waals surface area contributed by atoms with Crippen LogP contribution in [0, 0.1) is 0 Å². The molecule has 0 aliphatic carbocycles. The number of benzene rings is 2. The Hall–Kier alpha value is -1.72. The average Bonchev–Trinajstić information content (AvgIpc) is 2.44. The van der Waals surface area contributed by atoms with E-state index in [1.165, 1.54) is 18.2 Å². The van der Waals surface area contributed by atoms with Gasteiger partial charge in [-0.05, 0) is 29.8 Å². The van der Waals surface area contributed by atoms with E-state index in [0.29, 0.717) is 10.6 Å². The minimum Gasteiger partial charge on any atom is -0.491 e. The van der Waals surface area contributed by atoms with Crippen LogP contribution in [0.25, 0.3) is 0 Å². The first-order valence-electron chi connectivity index (χ1n) is 6.18. The van der Waals surface area contributed by atoms with Crippen molar-refractivity contribution >= 4 is 11.6 Å². The van der Waals surface area contributed by atoms with Crippen LogP contribution in [-0.4, -0.2) is 6.61 Å². The van der Waals surface area contributed by atoms with Gasteiger partial charge < -0.3 is 10.5 Å². The molecule has 112 valence electrons. The van der Waals surface area contributed by atoms with Gasteiger partial charge in [0.05, 0.1) is 11.6 Å². The summed E-state index contributed by atoms with van der Waals surface area (Å²) >= 11 is 5.85. The lowest BCUT2D eigenvalue weighted by Crippen LogP contribution is -2.20. The molecule has 2 nitrogen and oxygen atoms in total. The van der Waals surface area contributed by atoms with Crippen LogP contribution >= 0.6 is 11.6 Å². The molecule has 2 N–H and O–H groups in total. The van der Waals surface area contributed by atoms with Crippen molar-refractivity contribution in [1.82, 2.24) is 0 Å². The summed E-state index contributed by atoms with van der Waals surface area (Å²) in [4.78, 5) is 0. The molecule has 0 saturated carbocycles. The molecule has 2 rings (SSSR count). The van der Waals surface area contributed by atoms with Gasteiger partial charge in [-0.1, -0.05) is 35.9 Å². The van der Waals surface area contributed by atoms with Crippen molar-refractivity contribution in [3.8, 4) is 5.75 Å². The second-order valence-electron chi connectivity index (χ2n) is 4.47. The summed E-state index contributed by atoms with van der Waals surface area (Å²) in [7, 11) is 0. The minimum atomic E-state index is -4.46. The standard InChI is InChI=1S/C15H13ClF3NO/c16-11-5-3-4-10(8-11)13(20)9-21-14-7-2-1-6-12(14)15(17,18)19/h1-8,13H,9,20H2. The third kappa shape index (κ3) is 4.12. The molecule has 0 aliphatic rings. The maximum Gasteiger partial charge on any atom is 0.419 e. The third-order valence-corrected chi connectivity index (χ3v) is 3.12. The lowest BCUT2D eigenvalue weighted by molar-refractivity contribution is -0.139. The highest BCUT2D eigenvalue weighted by Gasteiger charge is 2.34. The van der Waals surface area contributed by atoms with Gasteiger partial charge in [0.25, 0.3) is 0 Å². The van der Waals surface area contributed by atoms with Crippen LogP contribution in [0.1, 0.15) is 17.2 Å². The summed E-state index contributed by atoms with van der Waals surface area (Å²) in [6, 6.07) is 11.3. The Morgan fingerprint density at radius 2 is 1.81 bits per heavy atom. The molecule has 2 aromatic carbocycles. The fourth-order valence-electron chi connectivity index (χ4n) is 1.84. The second-order valence-corrected chi connectivity index (χ2v) is 4.90. The van der Waals surface area contributed by atoms with Crippen molar-refractivity contribution in [2.24, 2.45) is 5.73 Å². The van der Waals surface area contributed by atoms with Crippen molar-refractivity contribution < 1.29 is 17.9 Å². The molecule has 0 spiro atoms. The fraction of sp³-hybridized carbons (Fsp3) is 0.200. The number of halogens is 4. The number of hydrogen-bond donors (Lipinski definition) is 1. The Balaban J connectivity index is 2.10. The van der Waals surface area contributed by atoms with Gasteiger partial charge in [0.2, 0.25) is 0 Å². The molecule has 0 heterocycles. The number of nitrogens with two attached hydrogens (primary N) is 1. The van der Waals surface area contributed by atoms with E-state index in [0.717, 1.165) is 6.07 Å². The van der Waals surface area contributed by atoms with Crippen LogP contribution in [0.2, 0.25) is 5.02 Å². The number of hydrogen-bond acceptors (Lipinski definition) is 2. The molecule has 6 heteroatoms. The minimum absolute atomic E-state index is 0.0760. The summed E-state index contributed by atoms with van der Waals surface area (Å²) in [5, 5.41) is 0.513. The summed E-state index contributed by atoms with van der Waals surface area (Å²) in [6.45, 7) is -0.0760. The Morgan fingerprint density at radius 3 is 2.48 bits per heavy atom. The Morgan fingerprint density at radius 1 is 1.10 bits per heavy atom. The first-order chi connectivity index (χ1) is 9.88. The van der Waals surface area contributed by atoms with E-state index in [2.05, 4.69) is 0 Å². The molecular formula is C15H13ClF3NO. The number of rotatable bonds is 4. The normalized spacial score (nSPS) is 13.0. The zero-order valence-electron chi connectivity index (χ0n) is 10.9. The molecule has 1 atom stereocenters. The SMILES string of the molecule is NC(COc1ccccc1C(F)(F)F)c1cccc(Cl)c1. The summed E-state index contributed by atoms with van der Waals surface area (Å²) < 4.78 is 43.7. The summed E-state index contributed by atoms with van der Waals surface area (Å²) in [5.74, 6) is -0.234. The van der Waals surface area contributed by atoms with Crippen molar-refractivity contribution in [1.29, 1.82) is 0 Å². The van der Waals surface area contributed by atoms with Crippen molar-refractivity contribution in [3.63, 3.8) is 0 Å². The first kappa shape index (κ1) is 15.7. The van der Waals surface area contributed by atoms with E-state index in [4.69, 9.17) is 22.1 Å². The van der Waals surface area contributed by atoms with Crippen LogP contribution in [-0.2, 0) is 6.18 Å². The lowest BCUT2D eigenvalue weighted by Gasteiger charge is -2.17. The molecule has 0 aromatic heterocycles. The van der Waals surface area contributed by atoms with Gasteiger partial charge >= 0.3 is 6.18 Å². The van der Waals surface area contributed by atoms with Gasteiger partial charge in [-0.15, -0.1) is 0 Å². The molecule has 0 fully saturated rings. The topological polar surface area (TPSA) is 35.2 Å². The zero-order chi connectivity index (χ0) is 15.5. The molecular weight excluding hydrogens is 303 g/mol. The van der Waals surface area contributed by atoms with E-state index in [9.17, 15) is 13.2 Å². The van der Waals surface area contributed by atoms with Crippen molar-refractivity contribution in [3.05, 3.63) is 64.7 Å². The quantitative estimate of drug-likeness (QED) is 0.905. The lowest BCUT2D eigenvalue weighted by atomic mass is 10.1. The number of para-hydroxylation sites is 1. The highest BCUT2D eigenvalue weighted by molar-refractivity contribution is 6.30. The summed E-state index contributed by atoms with van der Waals surface area (Å²) in [6.07, 6.45) is -4.46. The fourth-order valence-corrected chi connectivity index (χ4v) is 2.04. The van der Waals surface area contributed by atoms with Crippen LogP contribution in [0.15, 0.2) is 48.5 Å². The largest absolute Gasteiger partial charge is 0.491 e. The Kier molecular flexibility index (Phi) is 4.75. The van der Waals surface area contributed by atoms with Crippen molar-refractivity contribution in [2.45, 2.75) is 12.2 Å². The number of alkyl halides is 3. The molecule has 21 heavy (non-hydrogen) atoms. The molecule has 0 aliphatic heterocycles. The average molecular weight is 316 g/mol. The highest BCUT2D eigenvalue weighted by atomic mass is 35.5. The second kappa shape index (κ2) is 6.37. The first-order valence-corrected chi connectivity index (χ1v) is 6.56. The molecule has 0 saturated heterocycles. The van der Waals surface area contributed by atoms with Crippen LogP contribution in [0.5, 0.6) is 5.75 Å². The monoisotopic (exact) mass is 315 g/mol. The van der Waals surface area contributed by atoms with E-state index in [1.807, 2.05) is 0 Å². The smallest absolute Gasteiger partial charge is 0.419 e. The Labute approximate surface area is 125 Å². The zero-order valence-corrected chi connectivity index (χ0v) is 11.7. The predicted molar refractivity (Wildman–Crippen MR) is 75.3 cm³/mol. The van der Waals surface area contributed by atoms with Crippen molar-refractivity contribution in [2.75, 3.05) is 6.61 Å². The maximum absolute atomic E-state index is 12.8.